The van der Waals surface area contributed by atoms with E-state index in [4.69, 9.17) is 0 Å². The predicted molar refractivity (Wildman–Crippen MR) is 285 cm³/mol. The highest BCUT2D eigenvalue weighted by atomic mass is 14.3. The molecule has 0 N–H and O–H groups in total. The molecule has 0 saturated heterocycles. The highest BCUT2D eigenvalue weighted by molar-refractivity contribution is 5.98. The van der Waals surface area contributed by atoms with Crippen LogP contribution in [0.1, 0.15) is 184 Å². The van der Waals surface area contributed by atoms with E-state index in [0.717, 1.165) is 0 Å². The van der Waals surface area contributed by atoms with Gasteiger partial charge in [0.25, 0.3) is 0 Å². The van der Waals surface area contributed by atoms with E-state index >= 15 is 0 Å². The molecule has 0 atom stereocenters. The van der Waals surface area contributed by atoms with E-state index in [2.05, 4.69) is 261 Å². The molecule has 0 heteroatoms. The van der Waals surface area contributed by atoms with Gasteiger partial charge in [-0.15, -0.1) is 0 Å². The Morgan fingerprint density at radius 1 is 0.219 bits per heavy atom. The molecule has 338 valence electrons. The van der Waals surface area contributed by atoms with Gasteiger partial charge < -0.3 is 0 Å². The van der Waals surface area contributed by atoms with Crippen molar-refractivity contribution >= 4 is 0 Å². The first-order valence-corrected chi connectivity index (χ1v) is 24.0. The third kappa shape index (κ3) is 10.5. The zero-order valence-electron chi connectivity index (χ0n) is 44.0. The maximum absolute atomic E-state index is 2.55. The Balaban J connectivity index is 1.93. The van der Waals surface area contributed by atoms with Gasteiger partial charge >= 0.3 is 0 Å². The van der Waals surface area contributed by atoms with Crippen molar-refractivity contribution in [1.29, 1.82) is 0 Å². The third-order valence-corrected chi connectivity index (χ3v) is 13.3. The number of rotatable bonds is 5. The SMILES string of the molecule is CC(C)(C)c1cc(-c2cc(C(C)(C)C)cc(-c3cc(C(C)(C)C)cc(C(C)(C)C)c3)c2-c2cc(-c3ccccc3C(C)(C)C)cc(-c3ccccc3C(C)(C)C)c2)cc(C(C)(C)C)c1. The van der Waals surface area contributed by atoms with Crippen molar-refractivity contribution in [2.45, 2.75) is 183 Å². The summed E-state index contributed by atoms with van der Waals surface area (Å²) in [5.74, 6) is 0. The summed E-state index contributed by atoms with van der Waals surface area (Å²) in [5, 5.41) is 0. The van der Waals surface area contributed by atoms with Crippen molar-refractivity contribution in [3.63, 3.8) is 0 Å². The van der Waals surface area contributed by atoms with E-state index in [1.54, 1.807) is 0 Å². The summed E-state index contributed by atoms with van der Waals surface area (Å²) in [5.41, 5.74) is 21.9. The topological polar surface area (TPSA) is 0 Å². The Kier molecular flexibility index (Phi) is 12.7. The van der Waals surface area contributed by atoms with E-state index in [-0.39, 0.29) is 37.9 Å². The van der Waals surface area contributed by atoms with Gasteiger partial charge in [0.05, 0.1) is 0 Å². The first-order chi connectivity index (χ1) is 29.1. The van der Waals surface area contributed by atoms with Gasteiger partial charge in [0.15, 0.2) is 0 Å². The molecule has 0 aliphatic rings. The Morgan fingerprint density at radius 2 is 0.469 bits per heavy atom. The lowest BCUT2D eigenvalue weighted by Gasteiger charge is -2.30. The number of hydrogen-bond donors (Lipinski definition) is 0. The van der Waals surface area contributed by atoms with E-state index in [0.29, 0.717) is 0 Å². The first-order valence-electron chi connectivity index (χ1n) is 24.0. The smallest absolute Gasteiger partial charge is 0.00262 e. The van der Waals surface area contributed by atoms with Crippen molar-refractivity contribution in [3.05, 3.63) is 154 Å². The van der Waals surface area contributed by atoms with Crippen LogP contribution in [0, 0.1) is 0 Å². The molecule has 6 rings (SSSR count). The second kappa shape index (κ2) is 16.6. The molecule has 64 heavy (non-hydrogen) atoms. The standard InChI is InChI=1S/C64H82/c1-58(2,3)46-33-43(34-47(37-46)59(4,5)6)53-39-50(62(13,14)15)40-54(44-35-48(60(7,8)9)38-49(36-44)61(10,11)12)57(53)45-31-41(51-26-22-24-28-55(51)63(16,17)18)30-42(32-45)52-27-23-25-29-56(52)64(19,20)21/h22-40H,1-21H3. The lowest BCUT2D eigenvalue weighted by molar-refractivity contribution is 0.568. The molecule has 0 spiro atoms. The van der Waals surface area contributed by atoms with Crippen LogP contribution in [0.3, 0.4) is 0 Å². The van der Waals surface area contributed by atoms with Crippen molar-refractivity contribution in [2.24, 2.45) is 0 Å². The second-order valence-electron chi connectivity index (χ2n) is 26.2. The van der Waals surface area contributed by atoms with Crippen LogP contribution in [0.15, 0.2) is 115 Å². The van der Waals surface area contributed by atoms with Gasteiger partial charge in [-0.05, 0) is 163 Å². The van der Waals surface area contributed by atoms with Crippen LogP contribution in [0.25, 0.3) is 55.6 Å². The molecule has 0 nitrogen and oxygen atoms in total. The molecule has 0 saturated carbocycles. The van der Waals surface area contributed by atoms with Gasteiger partial charge in [-0.3, -0.25) is 0 Å². The van der Waals surface area contributed by atoms with Crippen LogP contribution in [0.4, 0.5) is 0 Å². The van der Waals surface area contributed by atoms with E-state index in [1.807, 2.05) is 0 Å². The molecule has 6 aromatic carbocycles. The largest absolute Gasteiger partial charge is 0.0619 e. The van der Waals surface area contributed by atoms with Crippen LogP contribution in [0.5, 0.6) is 0 Å². The Hall–Kier alpha value is -4.68. The summed E-state index contributed by atoms with van der Waals surface area (Å²) in [6.45, 7) is 49.5. The molecular weight excluding hydrogens is 769 g/mol. The average molecular weight is 851 g/mol. The molecule has 0 aliphatic heterocycles. The molecular formula is C64H82. The summed E-state index contributed by atoms with van der Waals surface area (Å²) < 4.78 is 0. The molecule has 0 unspecified atom stereocenters. The fourth-order valence-corrected chi connectivity index (χ4v) is 9.00. The van der Waals surface area contributed by atoms with Crippen LogP contribution in [-0.4, -0.2) is 0 Å². The Labute approximate surface area is 391 Å². The molecule has 0 bridgehead atoms. The molecule has 6 aromatic rings. The van der Waals surface area contributed by atoms with Crippen LogP contribution in [0.2, 0.25) is 0 Å². The van der Waals surface area contributed by atoms with Gasteiger partial charge in [-0.2, -0.15) is 0 Å². The zero-order valence-corrected chi connectivity index (χ0v) is 44.0. The monoisotopic (exact) mass is 851 g/mol. The molecule has 0 aliphatic carbocycles. The summed E-state index contributed by atoms with van der Waals surface area (Å²) >= 11 is 0. The van der Waals surface area contributed by atoms with Gasteiger partial charge in [0.2, 0.25) is 0 Å². The summed E-state index contributed by atoms with van der Waals surface area (Å²) in [6, 6.07) is 45.7. The Morgan fingerprint density at radius 3 is 0.750 bits per heavy atom. The third-order valence-electron chi connectivity index (χ3n) is 13.3. The molecule has 0 radical (unpaired) electrons. The van der Waals surface area contributed by atoms with Gasteiger partial charge in [0, 0.05) is 0 Å². The quantitative estimate of drug-likeness (QED) is 0.162. The lowest BCUT2D eigenvalue weighted by atomic mass is 9.74. The maximum atomic E-state index is 2.55. The molecule has 0 heterocycles. The van der Waals surface area contributed by atoms with Crippen LogP contribution < -0.4 is 0 Å². The molecule has 0 amide bonds. The zero-order chi connectivity index (χ0) is 47.7. The van der Waals surface area contributed by atoms with Crippen molar-refractivity contribution in [1.82, 2.24) is 0 Å². The first kappa shape index (κ1) is 48.8. The fraction of sp³-hybridized carbons (Fsp3) is 0.438. The summed E-state index contributed by atoms with van der Waals surface area (Å²) in [7, 11) is 0. The van der Waals surface area contributed by atoms with Crippen molar-refractivity contribution in [3.8, 4) is 55.6 Å². The number of hydrogen-bond acceptors (Lipinski definition) is 0. The van der Waals surface area contributed by atoms with Crippen LogP contribution >= 0.6 is 0 Å². The fourth-order valence-electron chi connectivity index (χ4n) is 9.00. The predicted octanol–water partition coefficient (Wildman–Crippen LogP) is 19.1. The minimum Gasteiger partial charge on any atom is -0.0619 e. The van der Waals surface area contributed by atoms with Gasteiger partial charge in [-0.25, -0.2) is 0 Å². The van der Waals surface area contributed by atoms with Crippen molar-refractivity contribution in [2.75, 3.05) is 0 Å². The minimum atomic E-state index is -0.102. The highest BCUT2D eigenvalue weighted by Gasteiger charge is 2.29. The minimum absolute atomic E-state index is 0.0380. The van der Waals surface area contributed by atoms with E-state index in [1.165, 1.54) is 94.6 Å². The summed E-state index contributed by atoms with van der Waals surface area (Å²) in [6.07, 6.45) is 0. The van der Waals surface area contributed by atoms with E-state index in [9.17, 15) is 0 Å². The van der Waals surface area contributed by atoms with Crippen LogP contribution in [-0.2, 0) is 37.9 Å². The van der Waals surface area contributed by atoms with Gasteiger partial charge in [-0.1, -0.05) is 230 Å². The number of benzene rings is 6. The Bertz CT molecular complexity index is 2420. The van der Waals surface area contributed by atoms with E-state index < -0.39 is 0 Å². The maximum Gasteiger partial charge on any atom is -0.00262 e. The summed E-state index contributed by atoms with van der Waals surface area (Å²) in [4.78, 5) is 0. The normalized spacial score (nSPS) is 13.4. The second-order valence-corrected chi connectivity index (χ2v) is 26.2. The average Bonchev–Trinajstić information content (AvgIpc) is 3.17. The molecule has 0 fully saturated rings. The van der Waals surface area contributed by atoms with Gasteiger partial charge in [0.1, 0.15) is 0 Å². The lowest BCUT2D eigenvalue weighted by Crippen LogP contribution is -2.17. The highest BCUT2D eigenvalue weighted by Crippen LogP contribution is 2.49. The molecule has 0 aromatic heterocycles. The van der Waals surface area contributed by atoms with Crippen molar-refractivity contribution < 1.29 is 0 Å².